The van der Waals surface area contributed by atoms with Gasteiger partial charge >= 0.3 is 0 Å². The molecule has 1 aromatic rings. The first-order valence-corrected chi connectivity index (χ1v) is 8.03. The number of hydrogen-bond donors (Lipinski definition) is 1. The molecule has 0 radical (unpaired) electrons. The highest BCUT2D eigenvalue weighted by molar-refractivity contribution is 5.96. The molecule has 1 heterocycles. The number of rotatable bonds is 3. The first kappa shape index (κ1) is 17.2. The maximum absolute atomic E-state index is 12.2. The van der Waals surface area contributed by atoms with Crippen molar-refractivity contribution in [2.45, 2.75) is 46.1 Å². The van der Waals surface area contributed by atoms with Crippen molar-refractivity contribution in [2.75, 3.05) is 18.0 Å². The highest BCUT2D eigenvalue weighted by Gasteiger charge is 2.25. The van der Waals surface area contributed by atoms with Crippen molar-refractivity contribution in [1.29, 1.82) is 0 Å². The van der Waals surface area contributed by atoms with E-state index in [1.54, 1.807) is 12.1 Å². The number of anilines is 1. The maximum Gasteiger partial charge on any atom is 0.293 e. The van der Waals surface area contributed by atoms with Gasteiger partial charge in [-0.1, -0.05) is 6.92 Å². The summed E-state index contributed by atoms with van der Waals surface area (Å²) in [5, 5.41) is 14.3. The van der Waals surface area contributed by atoms with Gasteiger partial charge in [-0.05, 0) is 51.7 Å². The second-order valence-corrected chi connectivity index (χ2v) is 7.36. The van der Waals surface area contributed by atoms with Gasteiger partial charge in [-0.25, -0.2) is 0 Å². The molecule has 2 rings (SSSR count). The predicted octanol–water partition coefficient (Wildman–Crippen LogP) is 3.36. The monoisotopic (exact) mass is 319 g/mol. The molecule has 1 aliphatic heterocycles. The molecule has 23 heavy (non-hydrogen) atoms. The topological polar surface area (TPSA) is 75.5 Å². The van der Waals surface area contributed by atoms with E-state index >= 15 is 0 Å². The van der Waals surface area contributed by atoms with Crippen LogP contribution < -0.4 is 10.2 Å². The van der Waals surface area contributed by atoms with Gasteiger partial charge in [0.05, 0.1) is 4.92 Å². The average molecular weight is 319 g/mol. The molecule has 1 atom stereocenters. The Balaban J connectivity index is 2.31. The summed E-state index contributed by atoms with van der Waals surface area (Å²) in [6.45, 7) is 9.42. The van der Waals surface area contributed by atoms with E-state index in [0.717, 1.165) is 25.9 Å². The Bertz CT molecular complexity index is 608. The molecule has 1 fully saturated rings. The van der Waals surface area contributed by atoms with Gasteiger partial charge in [-0.3, -0.25) is 14.9 Å². The molecule has 1 saturated heterocycles. The first-order valence-electron chi connectivity index (χ1n) is 8.03. The lowest BCUT2D eigenvalue weighted by Crippen LogP contribution is -2.40. The molecule has 1 amide bonds. The fourth-order valence-corrected chi connectivity index (χ4v) is 2.90. The van der Waals surface area contributed by atoms with Crippen LogP contribution >= 0.6 is 0 Å². The van der Waals surface area contributed by atoms with Crippen LogP contribution in [0.4, 0.5) is 11.4 Å². The summed E-state index contributed by atoms with van der Waals surface area (Å²) >= 11 is 0. The number of nitrogens with zero attached hydrogens (tertiary/aromatic N) is 2. The number of nitro benzene ring substituents is 1. The van der Waals surface area contributed by atoms with Crippen molar-refractivity contribution >= 4 is 17.3 Å². The molecule has 0 bridgehead atoms. The number of nitro groups is 1. The van der Waals surface area contributed by atoms with E-state index < -0.39 is 4.92 Å². The molecule has 6 heteroatoms. The van der Waals surface area contributed by atoms with Crippen molar-refractivity contribution in [1.82, 2.24) is 5.32 Å². The lowest BCUT2D eigenvalue weighted by atomic mass is 9.99. The van der Waals surface area contributed by atoms with Crippen LogP contribution in [0.3, 0.4) is 0 Å². The Morgan fingerprint density at radius 3 is 2.65 bits per heavy atom. The zero-order valence-electron chi connectivity index (χ0n) is 14.3. The van der Waals surface area contributed by atoms with Crippen LogP contribution in [-0.2, 0) is 0 Å². The van der Waals surface area contributed by atoms with Crippen molar-refractivity contribution in [2.24, 2.45) is 5.92 Å². The van der Waals surface area contributed by atoms with E-state index in [2.05, 4.69) is 17.1 Å². The van der Waals surface area contributed by atoms with Gasteiger partial charge in [0, 0.05) is 30.3 Å². The van der Waals surface area contributed by atoms with Gasteiger partial charge in [0.1, 0.15) is 5.69 Å². The van der Waals surface area contributed by atoms with E-state index in [4.69, 9.17) is 0 Å². The van der Waals surface area contributed by atoms with Gasteiger partial charge in [-0.2, -0.15) is 0 Å². The molecule has 6 nitrogen and oxygen atoms in total. The van der Waals surface area contributed by atoms with Crippen LogP contribution in [0.5, 0.6) is 0 Å². The van der Waals surface area contributed by atoms with Crippen molar-refractivity contribution < 1.29 is 9.72 Å². The van der Waals surface area contributed by atoms with Crippen LogP contribution in [0.2, 0.25) is 0 Å². The van der Waals surface area contributed by atoms with E-state index in [0.29, 0.717) is 17.2 Å². The Hall–Kier alpha value is -2.11. The Morgan fingerprint density at radius 1 is 1.39 bits per heavy atom. The number of piperidine rings is 1. The van der Waals surface area contributed by atoms with E-state index in [-0.39, 0.29) is 17.1 Å². The normalized spacial score (nSPS) is 18.6. The summed E-state index contributed by atoms with van der Waals surface area (Å²) in [5.41, 5.74) is 0.544. The van der Waals surface area contributed by atoms with Crippen molar-refractivity contribution in [3.05, 3.63) is 33.9 Å². The second kappa shape index (κ2) is 6.56. The number of hydrogen-bond acceptors (Lipinski definition) is 4. The molecule has 0 spiro atoms. The van der Waals surface area contributed by atoms with Gasteiger partial charge < -0.3 is 10.2 Å². The van der Waals surface area contributed by atoms with Gasteiger partial charge in [0.15, 0.2) is 0 Å². The summed E-state index contributed by atoms with van der Waals surface area (Å²) in [6.07, 6.45) is 2.18. The lowest BCUT2D eigenvalue weighted by Gasteiger charge is -2.32. The number of nitrogens with one attached hydrogen (secondary N) is 1. The van der Waals surface area contributed by atoms with Crippen molar-refractivity contribution in [3.8, 4) is 0 Å². The molecule has 0 saturated carbocycles. The predicted molar refractivity (Wildman–Crippen MR) is 90.9 cm³/mol. The third-order valence-corrected chi connectivity index (χ3v) is 3.92. The van der Waals surface area contributed by atoms with Crippen LogP contribution in [-0.4, -0.2) is 29.5 Å². The first-order chi connectivity index (χ1) is 10.7. The minimum atomic E-state index is -0.400. The van der Waals surface area contributed by atoms with Gasteiger partial charge in [0.2, 0.25) is 0 Å². The second-order valence-electron chi connectivity index (χ2n) is 7.36. The summed E-state index contributed by atoms with van der Waals surface area (Å²) < 4.78 is 0. The van der Waals surface area contributed by atoms with E-state index in [1.807, 2.05) is 20.8 Å². The molecule has 126 valence electrons. The summed E-state index contributed by atoms with van der Waals surface area (Å²) in [5.74, 6) is 0.228. The fourth-order valence-electron chi connectivity index (χ4n) is 2.90. The van der Waals surface area contributed by atoms with Crippen LogP contribution in [0.25, 0.3) is 0 Å². The third kappa shape index (κ3) is 4.43. The highest BCUT2D eigenvalue weighted by atomic mass is 16.6. The lowest BCUT2D eigenvalue weighted by molar-refractivity contribution is -0.384. The molecule has 1 aromatic carbocycles. The van der Waals surface area contributed by atoms with E-state index in [1.165, 1.54) is 6.07 Å². The molecular weight excluding hydrogens is 294 g/mol. The maximum atomic E-state index is 12.2. The average Bonchev–Trinajstić information content (AvgIpc) is 2.44. The largest absolute Gasteiger partial charge is 0.366 e. The van der Waals surface area contributed by atoms with Crippen LogP contribution in [0.1, 0.15) is 50.9 Å². The SMILES string of the molecule is C[C@@H]1CCCN(c2ccc(C(=O)NC(C)(C)C)cc2[N+](=O)[O-])C1. The molecule has 0 unspecified atom stereocenters. The summed E-state index contributed by atoms with van der Waals surface area (Å²) in [4.78, 5) is 25.3. The zero-order valence-corrected chi connectivity index (χ0v) is 14.3. The quantitative estimate of drug-likeness (QED) is 0.684. The number of amides is 1. The van der Waals surface area contributed by atoms with Crippen molar-refractivity contribution in [3.63, 3.8) is 0 Å². The third-order valence-electron chi connectivity index (χ3n) is 3.92. The highest BCUT2D eigenvalue weighted by Crippen LogP contribution is 2.32. The van der Waals surface area contributed by atoms with Crippen LogP contribution in [0.15, 0.2) is 18.2 Å². The number of benzene rings is 1. The Labute approximate surface area is 137 Å². The fraction of sp³-hybridized carbons (Fsp3) is 0.588. The number of carbonyl (C=O) groups is 1. The molecule has 0 aromatic heterocycles. The van der Waals surface area contributed by atoms with Gasteiger partial charge in [-0.15, -0.1) is 0 Å². The number of carbonyl (C=O) groups excluding carboxylic acids is 1. The molecule has 1 N–H and O–H groups in total. The Kier molecular flexibility index (Phi) is 4.92. The summed E-state index contributed by atoms with van der Waals surface area (Å²) in [7, 11) is 0. The smallest absolute Gasteiger partial charge is 0.293 e. The van der Waals surface area contributed by atoms with Gasteiger partial charge in [0.25, 0.3) is 11.6 Å². The standard InChI is InChI=1S/C17H25N3O3/c1-12-6-5-9-19(11-12)14-8-7-13(10-15(14)20(22)23)16(21)18-17(2,3)4/h7-8,10,12H,5-6,9,11H2,1-4H3,(H,18,21)/t12-/m1/s1. The minimum absolute atomic E-state index is 0.000610. The summed E-state index contributed by atoms with van der Waals surface area (Å²) in [6, 6.07) is 4.76. The molecule has 1 aliphatic rings. The minimum Gasteiger partial charge on any atom is -0.366 e. The Morgan fingerprint density at radius 2 is 2.09 bits per heavy atom. The molecule has 0 aliphatic carbocycles. The molecular formula is C17H25N3O3. The zero-order chi connectivity index (χ0) is 17.2. The van der Waals surface area contributed by atoms with E-state index in [9.17, 15) is 14.9 Å². The van der Waals surface area contributed by atoms with Crippen LogP contribution in [0, 0.1) is 16.0 Å².